The third kappa shape index (κ3) is 3.49. The van der Waals surface area contributed by atoms with Gasteiger partial charge < -0.3 is 0 Å². The first kappa shape index (κ1) is 12.5. The van der Waals surface area contributed by atoms with Crippen molar-refractivity contribution >= 4 is 22.9 Å². The number of nitrogens with zero attached hydrogens (tertiary/aromatic N) is 3. The molecule has 0 aliphatic rings. The second kappa shape index (κ2) is 5.58. The molecule has 0 spiro atoms. The Kier molecular flexibility index (Phi) is 4.10. The molecule has 0 unspecified atom stereocenters. The van der Waals surface area contributed by atoms with Gasteiger partial charge in [-0.1, -0.05) is 17.7 Å². The molecule has 0 radical (unpaired) electrons. The summed E-state index contributed by atoms with van der Waals surface area (Å²) >= 11 is 7.45. The van der Waals surface area contributed by atoms with E-state index in [0.29, 0.717) is 5.15 Å². The summed E-state index contributed by atoms with van der Waals surface area (Å²) in [5.41, 5.74) is 4.18. The standard InChI is InChI=1S/C12H14ClN3S/c1-9-11(17-8-15-9)7-16(2)6-10-3-4-12(13)14-5-10/h3-5,8H,6-7H2,1-2H3. The third-order valence-electron chi connectivity index (χ3n) is 2.50. The van der Waals surface area contributed by atoms with Crippen molar-refractivity contribution in [3.05, 3.63) is 45.1 Å². The Morgan fingerprint density at radius 3 is 2.71 bits per heavy atom. The molecule has 2 heterocycles. The predicted molar refractivity (Wildman–Crippen MR) is 71.3 cm³/mol. The van der Waals surface area contributed by atoms with Gasteiger partial charge in [-0.2, -0.15) is 0 Å². The highest BCUT2D eigenvalue weighted by atomic mass is 35.5. The molecule has 2 aromatic heterocycles. The molecule has 90 valence electrons. The van der Waals surface area contributed by atoms with Crippen molar-refractivity contribution in [2.24, 2.45) is 0 Å². The van der Waals surface area contributed by atoms with Crippen LogP contribution in [0.2, 0.25) is 5.15 Å². The van der Waals surface area contributed by atoms with E-state index in [-0.39, 0.29) is 0 Å². The van der Waals surface area contributed by atoms with Gasteiger partial charge in [0.2, 0.25) is 0 Å². The maximum absolute atomic E-state index is 5.75. The number of pyridine rings is 1. The first-order valence-electron chi connectivity index (χ1n) is 5.33. The van der Waals surface area contributed by atoms with Gasteiger partial charge in [-0.15, -0.1) is 11.3 Å². The van der Waals surface area contributed by atoms with Crippen LogP contribution in [0.4, 0.5) is 0 Å². The minimum Gasteiger partial charge on any atom is -0.297 e. The van der Waals surface area contributed by atoms with Crippen LogP contribution in [0.5, 0.6) is 0 Å². The summed E-state index contributed by atoms with van der Waals surface area (Å²) in [6.07, 6.45) is 1.82. The molecule has 0 aliphatic carbocycles. The summed E-state index contributed by atoms with van der Waals surface area (Å²) in [5, 5.41) is 0.537. The molecule has 0 saturated carbocycles. The molecule has 5 heteroatoms. The van der Waals surface area contributed by atoms with E-state index in [2.05, 4.69) is 21.9 Å². The van der Waals surface area contributed by atoms with E-state index in [1.54, 1.807) is 11.3 Å². The van der Waals surface area contributed by atoms with E-state index in [1.165, 1.54) is 10.4 Å². The highest BCUT2D eigenvalue weighted by Gasteiger charge is 2.06. The lowest BCUT2D eigenvalue weighted by Gasteiger charge is -2.15. The Balaban J connectivity index is 1.95. The monoisotopic (exact) mass is 267 g/mol. The van der Waals surface area contributed by atoms with Crippen LogP contribution in [0, 0.1) is 6.92 Å². The highest BCUT2D eigenvalue weighted by Crippen LogP contribution is 2.15. The summed E-state index contributed by atoms with van der Waals surface area (Å²) < 4.78 is 0. The van der Waals surface area contributed by atoms with Crippen molar-refractivity contribution < 1.29 is 0 Å². The van der Waals surface area contributed by atoms with Gasteiger partial charge >= 0.3 is 0 Å². The molecule has 17 heavy (non-hydrogen) atoms. The zero-order valence-corrected chi connectivity index (χ0v) is 11.4. The molecule has 0 saturated heterocycles. The molecule has 0 atom stereocenters. The number of thiazole rings is 1. The molecule has 0 bridgehead atoms. The largest absolute Gasteiger partial charge is 0.297 e. The van der Waals surface area contributed by atoms with Crippen LogP contribution in [-0.4, -0.2) is 21.9 Å². The number of aromatic nitrogens is 2. The lowest BCUT2D eigenvalue weighted by molar-refractivity contribution is 0.320. The second-order valence-electron chi connectivity index (χ2n) is 4.02. The van der Waals surface area contributed by atoms with Crippen molar-refractivity contribution in [1.82, 2.24) is 14.9 Å². The molecule has 2 rings (SSSR count). The van der Waals surface area contributed by atoms with Gasteiger partial charge in [-0.25, -0.2) is 9.97 Å². The minimum atomic E-state index is 0.537. The molecule has 3 nitrogen and oxygen atoms in total. The smallest absolute Gasteiger partial charge is 0.129 e. The number of halogens is 1. The predicted octanol–water partition coefficient (Wildman–Crippen LogP) is 3.13. The van der Waals surface area contributed by atoms with Crippen molar-refractivity contribution in [3.8, 4) is 0 Å². The molecule has 0 N–H and O–H groups in total. The van der Waals surface area contributed by atoms with Crippen LogP contribution in [0.1, 0.15) is 16.1 Å². The van der Waals surface area contributed by atoms with Gasteiger partial charge in [0.15, 0.2) is 0 Å². The van der Waals surface area contributed by atoms with Crippen LogP contribution < -0.4 is 0 Å². The topological polar surface area (TPSA) is 29.0 Å². The highest BCUT2D eigenvalue weighted by molar-refractivity contribution is 7.09. The first-order valence-corrected chi connectivity index (χ1v) is 6.59. The zero-order valence-electron chi connectivity index (χ0n) is 9.85. The van der Waals surface area contributed by atoms with Crippen molar-refractivity contribution in [3.63, 3.8) is 0 Å². The summed E-state index contributed by atoms with van der Waals surface area (Å²) in [5.74, 6) is 0. The average Bonchev–Trinajstić information content (AvgIpc) is 2.68. The summed E-state index contributed by atoms with van der Waals surface area (Å²) in [4.78, 5) is 11.9. The lowest BCUT2D eigenvalue weighted by atomic mass is 10.2. The lowest BCUT2D eigenvalue weighted by Crippen LogP contribution is -2.17. The van der Waals surface area contributed by atoms with Gasteiger partial charge in [-0.05, 0) is 25.6 Å². The fourth-order valence-corrected chi connectivity index (χ4v) is 2.56. The van der Waals surface area contributed by atoms with Gasteiger partial charge in [-0.3, -0.25) is 4.90 Å². The molecule has 0 aromatic carbocycles. The summed E-state index contributed by atoms with van der Waals surface area (Å²) in [6, 6.07) is 3.83. The van der Waals surface area contributed by atoms with Crippen LogP contribution in [0.15, 0.2) is 23.8 Å². The maximum Gasteiger partial charge on any atom is 0.129 e. The molecular formula is C12H14ClN3S. The average molecular weight is 268 g/mol. The van der Waals surface area contributed by atoms with Gasteiger partial charge in [0, 0.05) is 24.2 Å². The third-order valence-corrected chi connectivity index (χ3v) is 3.64. The Morgan fingerprint density at radius 1 is 1.29 bits per heavy atom. The number of hydrogen-bond acceptors (Lipinski definition) is 4. The van der Waals surface area contributed by atoms with Gasteiger partial charge in [0.25, 0.3) is 0 Å². The number of hydrogen-bond donors (Lipinski definition) is 0. The van der Waals surface area contributed by atoms with E-state index in [0.717, 1.165) is 18.8 Å². The normalized spacial score (nSPS) is 11.1. The van der Waals surface area contributed by atoms with Crippen LogP contribution >= 0.6 is 22.9 Å². The minimum absolute atomic E-state index is 0.537. The molecule has 0 fully saturated rings. The zero-order chi connectivity index (χ0) is 12.3. The molecular weight excluding hydrogens is 254 g/mol. The van der Waals surface area contributed by atoms with Gasteiger partial charge in [0.05, 0.1) is 11.2 Å². The number of rotatable bonds is 4. The van der Waals surface area contributed by atoms with Crippen molar-refractivity contribution in [2.75, 3.05) is 7.05 Å². The van der Waals surface area contributed by atoms with E-state index in [1.807, 2.05) is 30.8 Å². The second-order valence-corrected chi connectivity index (χ2v) is 5.35. The SMILES string of the molecule is Cc1ncsc1CN(C)Cc1ccc(Cl)nc1. The van der Waals surface area contributed by atoms with Gasteiger partial charge in [0.1, 0.15) is 5.15 Å². The molecule has 2 aromatic rings. The Hall–Kier alpha value is -0.970. The van der Waals surface area contributed by atoms with E-state index in [4.69, 9.17) is 11.6 Å². The van der Waals surface area contributed by atoms with E-state index < -0.39 is 0 Å². The van der Waals surface area contributed by atoms with Crippen LogP contribution in [-0.2, 0) is 13.1 Å². The quantitative estimate of drug-likeness (QED) is 0.797. The summed E-state index contributed by atoms with van der Waals surface area (Å²) in [7, 11) is 2.09. The van der Waals surface area contributed by atoms with Crippen molar-refractivity contribution in [2.45, 2.75) is 20.0 Å². The van der Waals surface area contributed by atoms with Crippen LogP contribution in [0.25, 0.3) is 0 Å². The fourth-order valence-electron chi connectivity index (χ4n) is 1.59. The molecule has 0 amide bonds. The van der Waals surface area contributed by atoms with E-state index >= 15 is 0 Å². The summed E-state index contributed by atoms with van der Waals surface area (Å²) in [6.45, 7) is 3.82. The molecule has 0 aliphatic heterocycles. The Morgan fingerprint density at radius 2 is 2.12 bits per heavy atom. The van der Waals surface area contributed by atoms with Crippen molar-refractivity contribution in [1.29, 1.82) is 0 Å². The maximum atomic E-state index is 5.75. The van der Waals surface area contributed by atoms with E-state index in [9.17, 15) is 0 Å². The Labute approximate surface area is 110 Å². The number of aryl methyl sites for hydroxylation is 1. The van der Waals surface area contributed by atoms with Crippen LogP contribution in [0.3, 0.4) is 0 Å². The Bertz CT molecular complexity index is 481. The first-order chi connectivity index (χ1) is 8.15. The fraction of sp³-hybridized carbons (Fsp3) is 0.333.